The molecular weight excluding hydrogens is 230 g/mol. The molecule has 0 bridgehead atoms. The van der Waals surface area contributed by atoms with Crippen molar-refractivity contribution in [1.82, 2.24) is 15.1 Å². The van der Waals surface area contributed by atoms with Gasteiger partial charge in [0, 0.05) is 30.9 Å². The van der Waals surface area contributed by atoms with Crippen LogP contribution in [0.15, 0.2) is 29.2 Å². The standard InChI is InChI=1S/C13H19N3S/c1-10(6-12-4-5-17-9-12)15-11(2)13-7-14-16(3)8-13/h4-5,7-11,15H,6H2,1-3H3. The Morgan fingerprint density at radius 1 is 1.47 bits per heavy atom. The maximum absolute atomic E-state index is 4.20. The van der Waals surface area contributed by atoms with Crippen molar-refractivity contribution < 1.29 is 0 Å². The van der Waals surface area contributed by atoms with Crippen molar-refractivity contribution in [2.75, 3.05) is 0 Å². The molecule has 0 saturated carbocycles. The Morgan fingerprint density at radius 3 is 2.88 bits per heavy atom. The maximum atomic E-state index is 4.20. The van der Waals surface area contributed by atoms with Gasteiger partial charge in [-0.25, -0.2) is 0 Å². The van der Waals surface area contributed by atoms with Crippen LogP contribution in [0.2, 0.25) is 0 Å². The van der Waals surface area contributed by atoms with Crippen molar-refractivity contribution in [3.05, 3.63) is 40.3 Å². The molecule has 92 valence electrons. The summed E-state index contributed by atoms with van der Waals surface area (Å²) in [5, 5.41) is 12.1. The minimum Gasteiger partial charge on any atom is -0.307 e. The molecule has 1 N–H and O–H groups in total. The van der Waals surface area contributed by atoms with E-state index in [0.29, 0.717) is 12.1 Å². The third-order valence-corrected chi connectivity index (χ3v) is 3.61. The zero-order chi connectivity index (χ0) is 12.3. The highest BCUT2D eigenvalue weighted by Crippen LogP contribution is 2.14. The first-order valence-electron chi connectivity index (χ1n) is 5.91. The summed E-state index contributed by atoms with van der Waals surface area (Å²) in [6.07, 6.45) is 5.07. The van der Waals surface area contributed by atoms with Gasteiger partial charge in [0.2, 0.25) is 0 Å². The molecule has 0 fully saturated rings. The molecular formula is C13H19N3S. The molecule has 0 aliphatic rings. The fourth-order valence-corrected chi connectivity index (χ4v) is 2.69. The van der Waals surface area contributed by atoms with Gasteiger partial charge >= 0.3 is 0 Å². The lowest BCUT2D eigenvalue weighted by atomic mass is 10.1. The summed E-state index contributed by atoms with van der Waals surface area (Å²) in [5.74, 6) is 0. The molecule has 17 heavy (non-hydrogen) atoms. The molecule has 2 atom stereocenters. The number of aromatic nitrogens is 2. The number of rotatable bonds is 5. The number of nitrogens with zero attached hydrogens (tertiary/aromatic N) is 2. The first kappa shape index (κ1) is 12.3. The number of hydrogen-bond acceptors (Lipinski definition) is 3. The van der Waals surface area contributed by atoms with E-state index in [1.54, 1.807) is 11.3 Å². The number of hydrogen-bond donors (Lipinski definition) is 1. The SMILES string of the molecule is CC(Cc1ccsc1)NC(C)c1cnn(C)c1. The Balaban J connectivity index is 1.88. The van der Waals surface area contributed by atoms with E-state index in [0.717, 1.165) is 6.42 Å². The third kappa shape index (κ3) is 3.41. The van der Waals surface area contributed by atoms with Crippen molar-refractivity contribution >= 4 is 11.3 Å². The van der Waals surface area contributed by atoms with Crippen molar-refractivity contribution in [1.29, 1.82) is 0 Å². The van der Waals surface area contributed by atoms with Crippen molar-refractivity contribution in [3.8, 4) is 0 Å². The molecule has 2 heterocycles. The molecule has 0 aliphatic carbocycles. The maximum Gasteiger partial charge on any atom is 0.0537 e. The van der Waals surface area contributed by atoms with E-state index in [-0.39, 0.29) is 0 Å². The van der Waals surface area contributed by atoms with E-state index >= 15 is 0 Å². The first-order chi connectivity index (χ1) is 8.15. The van der Waals surface area contributed by atoms with Gasteiger partial charge in [-0.15, -0.1) is 0 Å². The van der Waals surface area contributed by atoms with Gasteiger partial charge in [-0.1, -0.05) is 0 Å². The minimum absolute atomic E-state index is 0.345. The van der Waals surface area contributed by atoms with Crippen molar-refractivity contribution in [2.24, 2.45) is 7.05 Å². The van der Waals surface area contributed by atoms with Crippen LogP contribution >= 0.6 is 11.3 Å². The Bertz CT molecular complexity index is 447. The second-order valence-corrected chi connectivity index (χ2v) is 5.35. The summed E-state index contributed by atoms with van der Waals surface area (Å²) < 4.78 is 1.84. The summed E-state index contributed by atoms with van der Waals surface area (Å²) in [5.41, 5.74) is 2.65. The van der Waals surface area contributed by atoms with E-state index in [9.17, 15) is 0 Å². The molecule has 2 aromatic rings. The number of aryl methyl sites for hydroxylation is 1. The first-order valence-corrected chi connectivity index (χ1v) is 6.85. The topological polar surface area (TPSA) is 29.9 Å². The summed E-state index contributed by atoms with van der Waals surface area (Å²) in [4.78, 5) is 0. The van der Waals surface area contributed by atoms with Crippen LogP contribution in [-0.2, 0) is 13.5 Å². The molecule has 2 rings (SSSR count). The van der Waals surface area contributed by atoms with Gasteiger partial charge in [0.15, 0.2) is 0 Å². The van der Waals surface area contributed by atoms with Crippen molar-refractivity contribution in [3.63, 3.8) is 0 Å². The van der Waals surface area contributed by atoms with E-state index in [4.69, 9.17) is 0 Å². The molecule has 0 saturated heterocycles. The van der Waals surface area contributed by atoms with Crippen LogP contribution in [0, 0.1) is 0 Å². The molecule has 0 aromatic carbocycles. The fraction of sp³-hybridized carbons (Fsp3) is 0.462. The normalized spacial score (nSPS) is 14.8. The molecule has 2 unspecified atom stereocenters. The molecule has 0 radical (unpaired) electrons. The van der Waals surface area contributed by atoms with Gasteiger partial charge in [0.05, 0.1) is 6.20 Å². The van der Waals surface area contributed by atoms with Crippen LogP contribution in [0.4, 0.5) is 0 Å². The molecule has 2 aromatic heterocycles. The van der Waals surface area contributed by atoms with Gasteiger partial charge in [0.25, 0.3) is 0 Å². The summed E-state index contributed by atoms with van der Waals surface area (Å²) in [6, 6.07) is 3.01. The van der Waals surface area contributed by atoms with Crippen LogP contribution < -0.4 is 5.32 Å². The molecule has 4 heteroatoms. The largest absolute Gasteiger partial charge is 0.307 e. The van der Waals surface area contributed by atoms with Crippen LogP contribution in [0.25, 0.3) is 0 Å². The van der Waals surface area contributed by atoms with E-state index in [1.165, 1.54) is 11.1 Å². The smallest absolute Gasteiger partial charge is 0.0537 e. The number of thiophene rings is 1. The summed E-state index contributed by atoms with van der Waals surface area (Å²) in [7, 11) is 1.95. The third-order valence-electron chi connectivity index (χ3n) is 2.88. The number of nitrogens with one attached hydrogen (secondary N) is 1. The van der Waals surface area contributed by atoms with Gasteiger partial charge in [-0.2, -0.15) is 16.4 Å². The second-order valence-electron chi connectivity index (χ2n) is 4.57. The zero-order valence-corrected chi connectivity index (χ0v) is 11.4. The molecule has 0 aliphatic heterocycles. The van der Waals surface area contributed by atoms with Gasteiger partial charge < -0.3 is 5.32 Å². The molecule has 0 amide bonds. The van der Waals surface area contributed by atoms with Crippen LogP contribution in [0.1, 0.15) is 31.0 Å². The summed E-state index contributed by atoms with van der Waals surface area (Å²) >= 11 is 1.76. The van der Waals surface area contributed by atoms with E-state index in [2.05, 4.69) is 47.3 Å². The monoisotopic (exact) mass is 249 g/mol. The van der Waals surface area contributed by atoms with Gasteiger partial charge in [-0.05, 0) is 42.7 Å². The fourth-order valence-electron chi connectivity index (χ4n) is 2.01. The van der Waals surface area contributed by atoms with Crippen molar-refractivity contribution in [2.45, 2.75) is 32.4 Å². The average Bonchev–Trinajstić information content (AvgIpc) is 2.89. The zero-order valence-electron chi connectivity index (χ0n) is 10.6. The highest BCUT2D eigenvalue weighted by molar-refractivity contribution is 7.07. The predicted octanol–water partition coefficient (Wildman–Crippen LogP) is 2.76. The Kier molecular flexibility index (Phi) is 3.97. The molecule has 3 nitrogen and oxygen atoms in total. The van der Waals surface area contributed by atoms with Gasteiger partial charge in [-0.3, -0.25) is 4.68 Å². The Labute approximate surface area is 106 Å². The Morgan fingerprint density at radius 2 is 2.29 bits per heavy atom. The van der Waals surface area contributed by atoms with E-state index < -0.39 is 0 Å². The lowest BCUT2D eigenvalue weighted by molar-refractivity contribution is 0.477. The average molecular weight is 249 g/mol. The summed E-state index contributed by atoms with van der Waals surface area (Å²) in [6.45, 7) is 4.41. The van der Waals surface area contributed by atoms with Crippen LogP contribution in [-0.4, -0.2) is 15.8 Å². The quantitative estimate of drug-likeness (QED) is 0.883. The second kappa shape index (κ2) is 5.47. The molecule has 0 spiro atoms. The van der Waals surface area contributed by atoms with Crippen LogP contribution in [0.3, 0.4) is 0 Å². The predicted molar refractivity (Wildman–Crippen MR) is 72.2 cm³/mol. The van der Waals surface area contributed by atoms with Crippen LogP contribution in [0.5, 0.6) is 0 Å². The lowest BCUT2D eigenvalue weighted by Crippen LogP contribution is -2.30. The highest BCUT2D eigenvalue weighted by Gasteiger charge is 2.11. The minimum atomic E-state index is 0.345. The highest BCUT2D eigenvalue weighted by atomic mass is 32.1. The van der Waals surface area contributed by atoms with E-state index in [1.807, 2.05) is 17.9 Å². The van der Waals surface area contributed by atoms with Gasteiger partial charge in [0.1, 0.15) is 0 Å². The Hall–Kier alpha value is -1.13. The lowest BCUT2D eigenvalue weighted by Gasteiger charge is -2.18.